The highest BCUT2D eigenvalue weighted by molar-refractivity contribution is 7.99. The lowest BCUT2D eigenvalue weighted by atomic mass is 10.1. The van der Waals surface area contributed by atoms with E-state index in [9.17, 15) is 4.79 Å². The fourth-order valence-corrected chi connectivity index (χ4v) is 3.80. The molecule has 1 aromatic carbocycles. The molecule has 1 N–H and O–H groups in total. The van der Waals surface area contributed by atoms with Crippen LogP contribution in [-0.2, 0) is 11.2 Å². The van der Waals surface area contributed by atoms with Gasteiger partial charge in [0.2, 0.25) is 5.91 Å². The normalized spacial score (nSPS) is 22.4. The zero-order valence-electron chi connectivity index (χ0n) is 10.7. The van der Waals surface area contributed by atoms with E-state index in [1.807, 2.05) is 34.9 Å². The molecular formula is C14H17ClN2OS. The third-order valence-corrected chi connectivity index (χ3v) is 5.03. The van der Waals surface area contributed by atoms with Crippen molar-refractivity contribution in [2.45, 2.75) is 18.9 Å². The van der Waals surface area contributed by atoms with Crippen molar-refractivity contribution < 1.29 is 4.79 Å². The third-order valence-electron chi connectivity index (χ3n) is 3.66. The molecule has 0 radical (unpaired) electrons. The van der Waals surface area contributed by atoms with Crippen molar-refractivity contribution in [3.63, 3.8) is 0 Å². The SMILES string of the molecule is O=C(CC1CSCCN1)N1CCc2ccc(Cl)cc21. The first-order chi connectivity index (χ1) is 9.24. The standard InChI is InChI=1S/C14H17ClN2OS/c15-11-2-1-10-3-5-17(13(10)7-11)14(18)8-12-9-19-6-4-16-12/h1-2,7,12,16H,3-6,8-9H2. The lowest BCUT2D eigenvalue weighted by molar-refractivity contribution is -0.118. The molecule has 3 rings (SSSR count). The second-order valence-corrected chi connectivity index (χ2v) is 6.58. The van der Waals surface area contributed by atoms with Gasteiger partial charge in [0, 0.05) is 47.8 Å². The molecule has 1 saturated heterocycles. The number of halogens is 1. The molecule has 1 fully saturated rings. The minimum absolute atomic E-state index is 0.209. The van der Waals surface area contributed by atoms with Crippen molar-refractivity contribution in [3.05, 3.63) is 28.8 Å². The minimum atomic E-state index is 0.209. The van der Waals surface area contributed by atoms with Crippen LogP contribution in [0.1, 0.15) is 12.0 Å². The lowest BCUT2D eigenvalue weighted by Gasteiger charge is -2.25. The van der Waals surface area contributed by atoms with Crippen LogP contribution < -0.4 is 10.2 Å². The Morgan fingerprint density at radius 2 is 2.42 bits per heavy atom. The highest BCUT2D eigenvalue weighted by atomic mass is 35.5. The van der Waals surface area contributed by atoms with E-state index in [1.165, 1.54) is 5.56 Å². The van der Waals surface area contributed by atoms with Gasteiger partial charge >= 0.3 is 0 Å². The lowest BCUT2D eigenvalue weighted by Crippen LogP contribution is -2.42. The van der Waals surface area contributed by atoms with Crippen LogP contribution in [0.2, 0.25) is 5.02 Å². The number of fused-ring (bicyclic) bond motifs is 1. The van der Waals surface area contributed by atoms with Gasteiger partial charge in [0.15, 0.2) is 0 Å². The summed E-state index contributed by atoms with van der Waals surface area (Å²) in [7, 11) is 0. The summed E-state index contributed by atoms with van der Waals surface area (Å²) in [5, 5.41) is 4.11. The van der Waals surface area contributed by atoms with Gasteiger partial charge in [0.05, 0.1) is 0 Å². The van der Waals surface area contributed by atoms with Crippen molar-refractivity contribution in [2.75, 3.05) is 29.5 Å². The van der Waals surface area contributed by atoms with Gasteiger partial charge < -0.3 is 10.2 Å². The quantitative estimate of drug-likeness (QED) is 0.909. The van der Waals surface area contributed by atoms with Crippen LogP contribution in [0.3, 0.4) is 0 Å². The summed E-state index contributed by atoms with van der Waals surface area (Å²) < 4.78 is 0. The number of carbonyl (C=O) groups excluding carboxylic acids is 1. The molecule has 0 aliphatic carbocycles. The molecule has 5 heteroatoms. The molecule has 0 bridgehead atoms. The zero-order valence-corrected chi connectivity index (χ0v) is 12.3. The number of anilines is 1. The highest BCUT2D eigenvalue weighted by Gasteiger charge is 2.27. The number of hydrogen-bond donors (Lipinski definition) is 1. The van der Waals surface area contributed by atoms with Crippen LogP contribution in [0, 0.1) is 0 Å². The molecular weight excluding hydrogens is 280 g/mol. The monoisotopic (exact) mass is 296 g/mol. The molecule has 2 aliphatic rings. The van der Waals surface area contributed by atoms with Gasteiger partial charge in [0.1, 0.15) is 0 Å². The Bertz CT molecular complexity index is 488. The third kappa shape index (κ3) is 2.91. The van der Waals surface area contributed by atoms with Gasteiger partial charge in [-0.15, -0.1) is 0 Å². The summed E-state index contributed by atoms with van der Waals surface area (Å²) in [4.78, 5) is 14.3. The molecule has 2 aliphatic heterocycles. The first kappa shape index (κ1) is 13.3. The van der Waals surface area contributed by atoms with Crippen LogP contribution in [0.15, 0.2) is 18.2 Å². The van der Waals surface area contributed by atoms with Crippen molar-refractivity contribution >= 4 is 35.0 Å². The van der Waals surface area contributed by atoms with Crippen molar-refractivity contribution in [1.82, 2.24) is 5.32 Å². The van der Waals surface area contributed by atoms with E-state index >= 15 is 0 Å². The van der Waals surface area contributed by atoms with Crippen LogP contribution in [-0.4, -0.2) is 36.5 Å². The maximum atomic E-state index is 12.4. The van der Waals surface area contributed by atoms with Gasteiger partial charge in [0.25, 0.3) is 0 Å². The van der Waals surface area contributed by atoms with Gasteiger partial charge in [-0.3, -0.25) is 4.79 Å². The number of hydrogen-bond acceptors (Lipinski definition) is 3. The maximum absolute atomic E-state index is 12.4. The summed E-state index contributed by atoms with van der Waals surface area (Å²) in [6.07, 6.45) is 1.52. The van der Waals surface area contributed by atoms with E-state index in [0.29, 0.717) is 17.5 Å². The Morgan fingerprint density at radius 3 is 3.21 bits per heavy atom. The molecule has 2 heterocycles. The summed E-state index contributed by atoms with van der Waals surface area (Å²) >= 11 is 7.95. The Labute approximate surface area is 122 Å². The topological polar surface area (TPSA) is 32.3 Å². The van der Waals surface area contributed by atoms with Crippen molar-refractivity contribution in [1.29, 1.82) is 0 Å². The van der Waals surface area contributed by atoms with Gasteiger partial charge in [-0.05, 0) is 24.1 Å². The summed E-state index contributed by atoms with van der Waals surface area (Å²) in [6.45, 7) is 1.79. The van der Waals surface area contributed by atoms with Crippen LogP contribution in [0.4, 0.5) is 5.69 Å². The fraction of sp³-hybridized carbons (Fsp3) is 0.500. The number of nitrogens with zero attached hydrogens (tertiary/aromatic N) is 1. The second-order valence-electron chi connectivity index (χ2n) is 5.00. The maximum Gasteiger partial charge on any atom is 0.228 e. The molecule has 0 aromatic heterocycles. The fourth-order valence-electron chi connectivity index (χ4n) is 2.68. The number of amides is 1. The average Bonchev–Trinajstić information content (AvgIpc) is 2.82. The van der Waals surface area contributed by atoms with Gasteiger partial charge in [-0.1, -0.05) is 17.7 Å². The van der Waals surface area contributed by atoms with Crippen LogP contribution >= 0.6 is 23.4 Å². The number of rotatable bonds is 2. The zero-order chi connectivity index (χ0) is 13.2. The molecule has 1 unspecified atom stereocenters. The molecule has 0 saturated carbocycles. The van der Waals surface area contributed by atoms with E-state index < -0.39 is 0 Å². The Morgan fingerprint density at radius 1 is 1.53 bits per heavy atom. The van der Waals surface area contributed by atoms with Gasteiger partial charge in [-0.25, -0.2) is 0 Å². The largest absolute Gasteiger partial charge is 0.312 e. The summed E-state index contributed by atoms with van der Waals surface area (Å²) in [6, 6.07) is 6.15. The molecule has 1 amide bonds. The minimum Gasteiger partial charge on any atom is -0.312 e. The predicted octanol–water partition coefficient (Wildman–Crippen LogP) is 2.32. The van der Waals surface area contributed by atoms with Crippen molar-refractivity contribution in [2.24, 2.45) is 0 Å². The second kappa shape index (κ2) is 5.73. The van der Waals surface area contributed by atoms with E-state index in [1.54, 1.807) is 0 Å². The van der Waals surface area contributed by atoms with Crippen LogP contribution in [0.25, 0.3) is 0 Å². The van der Waals surface area contributed by atoms with E-state index in [4.69, 9.17) is 11.6 Å². The first-order valence-corrected chi connectivity index (χ1v) is 8.17. The van der Waals surface area contributed by atoms with Crippen molar-refractivity contribution in [3.8, 4) is 0 Å². The van der Waals surface area contributed by atoms with Gasteiger partial charge in [-0.2, -0.15) is 11.8 Å². The Kier molecular flexibility index (Phi) is 4.01. The molecule has 1 atom stereocenters. The number of benzene rings is 1. The number of nitrogens with one attached hydrogen (secondary N) is 1. The Balaban J connectivity index is 1.70. The summed E-state index contributed by atoms with van der Waals surface area (Å²) in [5.41, 5.74) is 2.23. The molecule has 0 spiro atoms. The molecule has 102 valence electrons. The van der Waals surface area contributed by atoms with Crippen LogP contribution in [0.5, 0.6) is 0 Å². The smallest absolute Gasteiger partial charge is 0.228 e. The number of carbonyl (C=O) groups is 1. The predicted molar refractivity (Wildman–Crippen MR) is 81.2 cm³/mol. The summed E-state index contributed by atoms with van der Waals surface area (Å²) in [5.74, 6) is 2.38. The van der Waals surface area contributed by atoms with E-state index in [-0.39, 0.29) is 5.91 Å². The Hall–Kier alpha value is -0.710. The molecule has 3 nitrogen and oxygen atoms in total. The van der Waals surface area contributed by atoms with E-state index in [2.05, 4.69) is 5.32 Å². The average molecular weight is 297 g/mol. The molecule has 19 heavy (non-hydrogen) atoms. The number of thioether (sulfide) groups is 1. The van der Waals surface area contributed by atoms with E-state index in [0.717, 1.165) is 36.7 Å². The highest BCUT2D eigenvalue weighted by Crippen LogP contribution is 2.31. The first-order valence-electron chi connectivity index (χ1n) is 6.64. The molecule has 1 aromatic rings.